The van der Waals surface area contributed by atoms with Crippen LogP contribution >= 0.6 is 0 Å². The van der Waals surface area contributed by atoms with E-state index in [0.717, 1.165) is 42.6 Å². The van der Waals surface area contributed by atoms with Crippen LogP contribution in [0.25, 0.3) is 21.6 Å². The minimum Gasteiger partial charge on any atom is -0.496 e. The number of azide groups is 1. The van der Waals surface area contributed by atoms with Gasteiger partial charge in [-0.15, -0.1) is 0 Å². The van der Waals surface area contributed by atoms with Gasteiger partial charge < -0.3 is 14.4 Å². The Labute approximate surface area is 195 Å². The molecule has 1 fully saturated rings. The highest BCUT2D eigenvalue weighted by molar-refractivity contribution is 7.89. The van der Waals surface area contributed by atoms with Gasteiger partial charge in [-0.05, 0) is 79.7 Å². The van der Waals surface area contributed by atoms with Crippen LogP contribution in [0.3, 0.4) is 0 Å². The number of hydrogen-bond donors (Lipinski definition) is 1. The fourth-order valence-corrected chi connectivity index (χ4v) is 5.27. The highest BCUT2D eigenvalue weighted by atomic mass is 32.2. The maximum absolute atomic E-state index is 12.9. The van der Waals surface area contributed by atoms with E-state index in [4.69, 9.17) is 15.0 Å². The lowest BCUT2D eigenvalue weighted by atomic mass is 9.97. The third kappa shape index (κ3) is 6.17. The molecule has 0 bridgehead atoms. The van der Waals surface area contributed by atoms with E-state index in [0.29, 0.717) is 37.1 Å². The lowest BCUT2D eigenvalue weighted by molar-refractivity contribution is 0.190. The first-order valence-corrected chi connectivity index (χ1v) is 12.4. The highest BCUT2D eigenvalue weighted by Gasteiger charge is 2.21. The van der Waals surface area contributed by atoms with E-state index < -0.39 is 10.0 Å². The third-order valence-corrected chi connectivity index (χ3v) is 7.49. The van der Waals surface area contributed by atoms with Gasteiger partial charge in [-0.3, -0.25) is 0 Å². The molecule has 1 N–H and O–H groups in total. The summed E-state index contributed by atoms with van der Waals surface area (Å²) in [5, 5.41) is 3.66. The predicted molar refractivity (Wildman–Crippen MR) is 128 cm³/mol. The molecule has 9 nitrogen and oxygen atoms in total. The van der Waals surface area contributed by atoms with Crippen molar-refractivity contribution >= 4 is 10.0 Å². The molecule has 0 saturated carbocycles. The van der Waals surface area contributed by atoms with Crippen molar-refractivity contribution in [3.63, 3.8) is 0 Å². The quantitative estimate of drug-likeness (QED) is 0.318. The summed E-state index contributed by atoms with van der Waals surface area (Å²) in [4.78, 5) is 5.28. The minimum atomic E-state index is -3.63. The van der Waals surface area contributed by atoms with Crippen LogP contribution in [0.5, 0.6) is 11.5 Å². The van der Waals surface area contributed by atoms with Gasteiger partial charge in [0.15, 0.2) is 0 Å². The van der Waals surface area contributed by atoms with E-state index in [2.05, 4.69) is 19.6 Å². The number of sulfonamides is 1. The smallest absolute Gasteiger partial charge is 0.240 e. The molecule has 178 valence electrons. The summed E-state index contributed by atoms with van der Waals surface area (Å²) >= 11 is 0. The number of rotatable bonds is 10. The lowest BCUT2D eigenvalue weighted by Crippen LogP contribution is -2.40. The normalized spacial score (nSPS) is 15.1. The maximum Gasteiger partial charge on any atom is 0.240 e. The highest BCUT2D eigenvalue weighted by Crippen LogP contribution is 2.40. The fourth-order valence-electron chi connectivity index (χ4n) is 4.17. The number of benzene rings is 2. The first kappa shape index (κ1) is 24.9. The Balaban J connectivity index is 1.65. The van der Waals surface area contributed by atoms with Crippen molar-refractivity contribution < 1.29 is 17.9 Å². The molecule has 1 aliphatic heterocycles. The van der Waals surface area contributed by atoms with Crippen LogP contribution in [-0.2, 0) is 10.0 Å². The van der Waals surface area contributed by atoms with Crippen LogP contribution in [0.2, 0.25) is 0 Å². The molecule has 2 aromatic rings. The van der Waals surface area contributed by atoms with E-state index in [-0.39, 0.29) is 4.90 Å². The third-order valence-electron chi connectivity index (χ3n) is 6.04. The summed E-state index contributed by atoms with van der Waals surface area (Å²) in [5.41, 5.74) is 10.9. The van der Waals surface area contributed by atoms with Crippen LogP contribution in [0, 0.1) is 12.8 Å². The SMILES string of the molecule is COc1cccc(OC)c1-c1ccc(S(=O)(=O)NCCN2CCC(CN=[N+]=[N-])CC2)cc1C. The molecule has 0 spiro atoms. The Morgan fingerprint density at radius 2 is 1.82 bits per heavy atom. The van der Waals surface area contributed by atoms with Gasteiger partial charge in [0.1, 0.15) is 11.5 Å². The van der Waals surface area contributed by atoms with Gasteiger partial charge in [0, 0.05) is 24.5 Å². The second-order valence-corrected chi connectivity index (χ2v) is 9.88. The number of aryl methyl sites for hydroxylation is 1. The standard InChI is InChI=1S/C23H31N5O4S/c1-17-15-19(7-8-20(17)23-21(31-2)5-4-6-22(23)32-3)33(29,30)26-11-14-28-12-9-18(10-13-28)16-25-27-24/h4-8,15,18,26H,9-14,16H2,1-3H3. The van der Waals surface area contributed by atoms with Crippen molar-refractivity contribution in [3.05, 3.63) is 52.4 Å². The molecule has 0 amide bonds. The van der Waals surface area contributed by atoms with Gasteiger partial charge in [-0.25, -0.2) is 13.1 Å². The molecule has 0 atom stereocenters. The zero-order valence-electron chi connectivity index (χ0n) is 19.3. The van der Waals surface area contributed by atoms with Crippen molar-refractivity contribution in [2.45, 2.75) is 24.7 Å². The van der Waals surface area contributed by atoms with Gasteiger partial charge in [0.2, 0.25) is 10.0 Å². The molecular weight excluding hydrogens is 442 g/mol. The molecule has 3 rings (SSSR count). The van der Waals surface area contributed by atoms with E-state index >= 15 is 0 Å². The first-order valence-electron chi connectivity index (χ1n) is 10.9. The van der Waals surface area contributed by atoms with Crippen molar-refractivity contribution in [2.75, 3.05) is 46.9 Å². The van der Waals surface area contributed by atoms with Crippen molar-refractivity contribution in [3.8, 4) is 22.6 Å². The van der Waals surface area contributed by atoms with Crippen LogP contribution in [-0.4, -0.2) is 60.3 Å². The molecule has 33 heavy (non-hydrogen) atoms. The summed E-state index contributed by atoms with van der Waals surface area (Å²) < 4.78 is 39.4. The zero-order chi connectivity index (χ0) is 23.8. The average molecular weight is 474 g/mol. The van der Waals surface area contributed by atoms with Gasteiger partial charge in [0.25, 0.3) is 0 Å². The Morgan fingerprint density at radius 3 is 2.39 bits per heavy atom. The molecule has 0 unspecified atom stereocenters. The molecule has 10 heteroatoms. The van der Waals surface area contributed by atoms with Crippen molar-refractivity contribution in [1.82, 2.24) is 9.62 Å². The Hall–Kier alpha value is -2.78. The summed E-state index contributed by atoms with van der Waals surface area (Å²) in [6.07, 6.45) is 1.91. The van der Waals surface area contributed by atoms with Crippen LogP contribution in [0.4, 0.5) is 0 Å². The number of methoxy groups -OCH3 is 2. The Morgan fingerprint density at radius 1 is 1.15 bits per heavy atom. The second kappa shape index (κ2) is 11.4. The molecule has 0 radical (unpaired) electrons. The number of hydrogen-bond acceptors (Lipinski definition) is 6. The minimum absolute atomic E-state index is 0.227. The number of ether oxygens (including phenoxy) is 2. The zero-order valence-corrected chi connectivity index (χ0v) is 20.1. The van der Waals surface area contributed by atoms with E-state index in [9.17, 15) is 8.42 Å². The predicted octanol–water partition coefficient (Wildman–Crippen LogP) is 3.98. The maximum atomic E-state index is 12.9. The molecule has 0 aliphatic carbocycles. The lowest BCUT2D eigenvalue weighted by Gasteiger charge is -2.31. The van der Waals surface area contributed by atoms with Crippen LogP contribution in [0.1, 0.15) is 18.4 Å². The average Bonchev–Trinajstić information content (AvgIpc) is 2.83. The summed E-state index contributed by atoms with van der Waals surface area (Å²) in [5.74, 6) is 1.74. The Kier molecular flexibility index (Phi) is 8.57. The number of nitrogens with one attached hydrogen (secondary N) is 1. The number of nitrogens with zero attached hydrogens (tertiary/aromatic N) is 4. The molecule has 1 aliphatic rings. The topological polar surface area (TPSA) is 117 Å². The van der Waals surface area contributed by atoms with Gasteiger partial charge >= 0.3 is 0 Å². The molecule has 1 heterocycles. The fraction of sp³-hybridized carbons (Fsp3) is 0.478. The second-order valence-electron chi connectivity index (χ2n) is 8.11. The summed E-state index contributed by atoms with van der Waals surface area (Å²) in [7, 11) is -0.438. The van der Waals surface area contributed by atoms with Gasteiger partial charge in [-0.2, -0.15) is 0 Å². The van der Waals surface area contributed by atoms with Crippen LogP contribution < -0.4 is 14.2 Å². The Bertz CT molecular complexity index is 1090. The van der Waals surface area contributed by atoms with E-state index in [1.54, 1.807) is 32.4 Å². The first-order chi connectivity index (χ1) is 15.9. The van der Waals surface area contributed by atoms with Gasteiger partial charge in [0.05, 0.1) is 24.7 Å². The van der Waals surface area contributed by atoms with Crippen molar-refractivity contribution in [1.29, 1.82) is 0 Å². The largest absolute Gasteiger partial charge is 0.496 e. The molecule has 2 aromatic carbocycles. The molecule has 0 aromatic heterocycles. The van der Waals surface area contributed by atoms with Crippen LogP contribution in [0.15, 0.2) is 46.4 Å². The molecule has 1 saturated heterocycles. The number of likely N-dealkylation sites (tertiary alicyclic amines) is 1. The van der Waals surface area contributed by atoms with Gasteiger partial charge in [-0.1, -0.05) is 17.2 Å². The monoisotopic (exact) mass is 473 g/mol. The van der Waals surface area contributed by atoms with E-state index in [1.165, 1.54) is 0 Å². The summed E-state index contributed by atoms with van der Waals surface area (Å²) in [6, 6.07) is 10.6. The number of piperidine rings is 1. The molecular formula is C23H31N5O4S. The summed E-state index contributed by atoms with van der Waals surface area (Å²) in [6.45, 7) is 5.14. The van der Waals surface area contributed by atoms with E-state index in [1.807, 2.05) is 25.1 Å². The van der Waals surface area contributed by atoms with Crippen molar-refractivity contribution in [2.24, 2.45) is 11.0 Å².